The second kappa shape index (κ2) is 10.1. The van der Waals surface area contributed by atoms with Gasteiger partial charge in [-0.15, -0.1) is 0 Å². The summed E-state index contributed by atoms with van der Waals surface area (Å²) in [6.45, 7) is 8.10. The van der Waals surface area contributed by atoms with Crippen LogP contribution in [0.2, 0.25) is 0 Å². The van der Waals surface area contributed by atoms with Gasteiger partial charge < -0.3 is 15.0 Å². The van der Waals surface area contributed by atoms with Gasteiger partial charge in [-0.05, 0) is 74.1 Å². The topological polar surface area (TPSA) is 57.7 Å². The first-order chi connectivity index (χ1) is 16.2. The maximum absolute atomic E-state index is 12.6. The number of anilines is 1. The Morgan fingerprint density at radius 3 is 2.70 bits per heavy atom. The molecule has 7 heteroatoms. The molecule has 2 aromatic carbocycles. The van der Waals surface area contributed by atoms with Crippen molar-refractivity contribution >= 4 is 32.6 Å². The fourth-order valence-electron chi connectivity index (χ4n) is 4.75. The lowest BCUT2D eigenvalue weighted by Gasteiger charge is -2.34. The van der Waals surface area contributed by atoms with E-state index >= 15 is 0 Å². The molecule has 1 aliphatic heterocycles. The number of hydrogen-bond acceptors (Lipinski definition) is 6. The van der Waals surface area contributed by atoms with Crippen LogP contribution in [0.15, 0.2) is 36.4 Å². The standard InChI is InChI=1S/C26H32N4O2S/c1-2-32-22-9-10-23-24(18-22)33-26(28-23)30-15-13-29(14-16-30)12-11-27-25(31)21-8-7-19-5-3-4-6-20(19)17-21/h7-10,17-18H,2-6,11-16H2,1H3,(H,27,31). The van der Waals surface area contributed by atoms with E-state index < -0.39 is 0 Å². The highest BCUT2D eigenvalue weighted by molar-refractivity contribution is 7.22. The van der Waals surface area contributed by atoms with Crippen molar-refractivity contribution in [3.05, 3.63) is 53.1 Å². The van der Waals surface area contributed by atoms with Crippen LogP contribution in [0.5, 0.6) is 5.75 Å². The molecule has 2 aliphatic rings. The summed E-state index contributed by atoms with van der Waals surface area (Å²) in [6.07, 6.45) is 4.74. The number of piperazine rings is 1. The smallest absolute Gasteiger partial charge is 0.251 e. The maximum Gasteiger partial charge on any atom is 0.251 e. The van der Waals surface area contributed by atoms with Gasteiger partial charge in [0.25, 0.3) is 5.91 Å². The van der Waals surface area contributed by atoms with Crippen LogP contribution >= 0.6 is 11.3 Å². The van der Waals surface area contributed by atoms with Crippen LogP contribution < -0.4 is 15.0 Å². The van der Waals surface area contributed by atoms with Crippen molar-refractivity contribution in [3.8, 4) is 5.75 Å². The molecule has 0 saturated carbocycles. The van der Waals surface area contributed by atoms with Gasteiger partial charge in [0.15, 0.2) is 5.13 Å². The molecule has 0 unspecified atom stereocenters. The van der Waals surface area contributed by atoms with Gasteiger partial charge >= 0.3 is 0 Å². The number of benzene rings is 2. The monoisotopic (exact) mass is 464 g/mol. The highest BCUT2D eigenvalue weighted by Gasteiger charge is 2.20. The first-order valence-corrected chi connectivity index (χ1v) is 12.9. The van der Waals surface area contributed by atoms with E-state index in [1.54, 1.807) is 11.3 Å². The molecule has 2 heterocycles. The van der Waals surface area contributed by atoms with E-state index in [2.05, 4.69) is 33.3 Å². The Bertz CT molecular complexity index is 1120. The Morgan fingerprint density at radius 1 is 1.06 bits per heavy atom. The number of amides is 1. The van der Waals surface area contributed by atoms with Gasteiger partial charge in [0, 0.05) is 44.8 Å². The zero-order valence-electron chi connectivity index (χ0n) is 19.3. The van der Waals surface area contributed by atoms with Crippen LogP contribution in [0.25, 0.3) is 10.2 Å². The van der Waals surface area contributed by atoms with Crippen molar-refractivity contribution in [3.63, 3.8) is 0 Å². The molecule has 174 valence electrons. The molecule has 1 N–H and O–H groups in total. The average Bonchev–Trinajstić information content (AvgIpc) is 3.28. The summed E-state index contributed by atoms with van der Waals surface area (Å²) in [5.41, 5.74) is 4.60. The first kappa shape index (κ1) is 22.2. The van der Waals surface area contributed by atoms with Gasteiger partial charge in [0.05, 0.1) is 16.8 Å². The lowest BCUT2D eigenvalue weighted by atomic mass is 9.90. The van der Waals surface area contributed by atoms with Crippen LogP contribution in [0.3, 0.4) is 0 Å². The first-order valence-electron chi connectivity index (χ1n) is 12.1. The summed E-state index contributed by atoms with van der Waals surface area (Å²) < 4.78 is 6.79. The molecule has 1 amide bonds. The van der Waals surface area contributed by atoms with E-state index in [9.17, 15) is 4.79 Å². The highest BCUT2D eigenvalue weighted by atomic mass is 32.1. The van der Waals surface area contributed by atoms with Crippen LogP contribution in [-0.4, -0.2) is 61.7 Å². The van der Waals surface area contributed by atoms with Crippen molar-refractivity contribution in [2.75, 3.05) is 50.8 Å². The second-order valence-electron chi connectivity index (χ2n) is 8.83. The number of thiazole rings is 1. The number of aromatic nitrogens is 1. The summed E-state index contributed by atoms with van der Waals surface area (Å²) >= 11 is 1.73. The Morgan fingerprint density at radius 2 is 1.88 bits per heavy atom. The number of nitrogens with one attached hydrogen (secondary N) is 1. The number of rotatable bonds is 7. The van der Waals surface area contributed by atoms with Crippen LogP contribution in [-0.2, 0) is 12.8 Å². The van der Waals surface area contributed by atoms with E-state index in [0.29, 0.717) is 13.2 Å². The Kier molecular flexibility index (Phi) is 6.78. The number of carbonyl (C=O) groups excluding carboxylic acids is 1. The van der Waals surface area contributed by atoms with E-state index in [4.69, 9.17) is 9.72 Å². The van der Waals surface area contributed by atoms with Gasteiger partial charge in [-0.3, -0.25) is 9.69 Å². The number of nitrogens with zero attached hydrogens (tertiary/aromatic N) is 3. The summed E-state index contributed by atoms with van der Waals surface area (Å²) in [7, 11) is 0. The van der Waals surface area contributed by atoms with Gasteiger partial charge in [0.2, 0.25) is 0 Å². The Hall–Kier alpha value is -2.64. The minimum Gasteiger partial charge on any atom is -0.494 e. The van der Waals surface area contributed by atoms with E-state index in [0.717, 1.165) is 67.5 Å². The van der Waals surface area contributed by atoms with Gasteiger partial charge in [0.1, 0.15) is 5.75 Å². The number of fused-ring (bicyclic) bond motifs is 2. The molecule has 33 heavy (non-hydrogen) atoms. The van der Waals surface area contributed by atoms with E-state index in [-0.39, 0.29) is 5.91 Å². The van der Waals surface area contributed by atoms with Crippen molar-refractivity contribution in [1.82, 2.24) is 15.2 Å². The zero-order chi connectivity index (χ0) is 22.6. The lowest BCUT2D eigenvalue weighted by molar-refractivity contribution is 0.0947. The third-order valence-electron chi connectivity index (χ3n) is 6.63. The molecule has 3 aromatic rings. The van der Waals surface area contributed by atoms with Gasteiger partial charge in [-0.1, -0.05) is 17.4 Å². The summed E-state index contributed by atoms with van der Waals surface area (Å²) in [6, 6.07) is 12.3. The summed E-state index contributed by atoms with van der Waals surface area (Å²) in [4.78, 5) is 22.2. The average molecular weight is 465 g/mol. The largest absolute Gasteiger partial charge is 0.494 e. The molecular formula is C26H32N4O2S. The van der Waals surface area contributed by atoms with Crippen molar-refractivity contribution in [2.24, 2.45) is 0 Å². The minimum absolute atomic E-state index is 0.0444. The van der Waals surface area contributed by atoms with Crippen molar-refractivity contribution in [1.29, 1.82) is 0 Å². The van der Waals surface area contributed by atoms with Gasteiger partial charge in [-0.2, -0.15) is 0 Å². The Balaban J connectivity index is 1.09. The number of ether oxygens (including phenoxy) is 1. The van der Waals surface area contributed by atoms with Crippen LogP contribution in [0.1, 0.15) is 41.3 Å². The molecule has 0 spiro atoms. The fraction of sp³-hybridized carbons (Fsp3) is 0.462. The van der Waals surface area contributed by atoms with Crippen LogP contribution in [0.4, 0.5) is 5.13 Å². The lowest BCUT2D eigenvalue weighted by Crippen LogP contribution is -2.48. The SMILES string of the molecule is CCOc1ccc2nc(N3CCN(CCNC(=O)c4ccc5c(c4)CCCC5)CC3)sc2c1. The summed E-state index contributed by atoms with van der Waals surface area (Å²) in [5.74, 6) is 0.949. The molecule has 1 fully saturated rings. The quantitative estimate of drug-likeness (QED) is 0.570. The molecular weight excluding hydrogens is 432 g/mol. The molecule has 0 bridgehead atoms. The third kappa shape index (κ3) is 5.14. The molecule has 1 saturated heterocycles. The second-order valence-corrected chi connectivity index (χ2v) is 9.84. The number of aryl methyl sites for hydroxylation is 2. The van der Waals surface area contributed by atoms with Crippen molar-refractivity contribution < 1.29 is 9.53 Å². The van der Waals surface area contributed by atoms with Gasteiger partial charge in [-0.25, -0.2) is 4.98 Å². The zero-order valence-corrected chi connectivity index (χ0v) is 20.1. The fourth-order valence-corrected chi connectivity index (χ4v) is 5.80. The molecule has 1 aromatic heterocycles. The Labute approximate surface area is 199 Å². The minimum atomic E-state index is 0.0444. The molecule has 0 atom stereocenters. The summed E-state index contributed by atoms with van der Waals surface area (Å²) in [5, 5.41) is 4.20. The molecule has 6 nitrogen and oxygen atoms in total. The van der Waals surface area contributed by atoms with E-state index in [1.165, 1.54) is 28.7 Å². The normalized spacial score (nSPS) is 16.6. The highest BCUT2D eigenvalue weighted by Crippen LogP contribution is 2.32. The third-order valence-corrected chi connectivity index (χ3v) is 7.71. The maximum atomic E-state index is 12.6. The van der Waals surface area contributed by atoms with Crippen molar-refractivity contribution in [2.45, 2.75) is 32.6 Å². The predicted molar refractivity (Wildman–Crippen MR) is 135 cm³/mol. The predicted octanol–water partition coefficient (Wildman–Crippen LogP) is 4.13. The van der Waals surface area contributed by atoms with E-state index in [1.807, 2.05) is 25.1 Å². The molecule has 5 rings (SSSR count). The number of carbonyl (C=O) groups is 1. The molecule has 0 radical (unpaired) electrons. The number of hydrogen-bond donors (Lipinski definition) is 1. The van der Waals surface area contributed by atoms with Crippen LogP contribution in [0, 0.1) is 0 Å². The molecule has 1 aliphatic carbocycles.